The standard InChI is InChI=1S/C16H22N4O4/c1-16(2,3)24-15(22)19-6-4-5-12(19)11-9-18-13(10-17-11)20-7-8-23-14(20)21/h9-10,12H,4-8H2,1-3H3/t12-/m0/s1. The lowest BCUT2D eigenvalue weighted by Gasteiger charge is -2.28. The van der Waals surface area contributed by atoms with Crippen molar-refractivity contribution in [1.29, 1.82) is 0 Å². The van der Waals surface area contributed by atoms with Gasteiger partial charge in [-0.25, -0.2) is 14.6 Å². The highest BCUT2D eigenvalue weighted by molar-refractivity contribution is 5.87. The Kier molecular flexibility index (Phi) is 4.29. The summed E-state index contributed by atoms with van der Waals surface area (Å²) < 4.78 is 10.4. The average Bonchev–Trinajstić information content (AvgIpc) is 3.14. The Hall–Kier alpha value is -2.38. The fraction of sp³-hybridized carbons (Fsp3) is 0.625. The molecule has 0 N–H and O–H groups in total. The van der Waals surface area contributed by atoms with Crippen LogP contribution in [-0.4, -0.2) is 52.4 Å². The van der Waals surface area contributed by atoms with E-state index in [0.29, 0.717) is 31.2 Å². The van der Waals surface area contributed by atoms with Crippen molar-refractivity contribution >= 4 is 18.0 Å². The maximum Gasteiger partial charge on any atom is 0.415 e. The molecule has 3 heterocycles. The number of likely N-dealkylation sites (tertiary alicyclic amines) is 1. The number of hydrogen-bond donors (Lipinski definition) is 0. The fourth-order valence-electron chi connectivity index (χ4n) is 2.86. The van der Waals surface area contributed by atoms with Gasteiger partial charge in [-0.1, -0.05) is 0 Å². The molecule has 8 nitrogen and oxygen atoms in total. The van der Waals surface area contributed by atoms with Gasteiger partial charge < -0.3 is 9.47 Å². The van der Waals surface area contributed by atoms with Gasteiger partial charge >= 0.3 is 12.2 Å². The highest BCUT2D eigenvalue weighted by atomic mass is 16.6. The fourth-order valence-corrected chi connectivity index (χ4v) is 2.86. The van der Waals surface area contributed by atoms with E-state index in [0.717, 1.165) is 12.8 Å². The molecular formula is C16H22N4O4. The first-order valence-electron chi connectivity index (χ1n) is 8.11. The van der Waals surface area contributed by atoms with E-state index in [9.17, 15) is 9.59 Å². The predicted octanol–water partition coefficient (Wildman–Crippen LogP) is 2.51. The minimum atomic E-state index is -0.532. The summed E-state index contributed by atoms with van der Waals surface area (Å²) in [6.45, 7) is 7.01. The molecule has 8 heteroatoms. The van der Waals surface area contributed by atoms with Gasteiger partial charge in [0.15, 0.2) is 5.82 Å². The molecule has 24 heavy (non-hydrogen) atoms. The molecule has 2 aliphatic rings. The van der Waals surface area contributed by atoms with Crippen molar-refractivity contribution in [3.05, 3.63) is 18.1 Å². The van der Waals surface area contributed by atoms with E-state index >= 15 is 0 Å². The highest BCUT2D eigenvalue weighted by Gasteiger charge is 2.34. The normalized spacial score (nSPS) is 21.1. The number of hydrogen-bond acceptors (Lipinski definition) is 6. The van der Waals surface area contributed by atoms with E-state index in [-0.39, 0.29) is 12.1 Å². The second-order valence-electron chi connectivity index (χ2n) is 6.90. The number of ether oxygens (including phenoxy) is 2. The molecule has 1 atom stereocenters. The van der Waals surface area contributed by atoms with E-state index in [1.54, 1.807) is 17.3 Å². The van der Waals surface area contributed by atoms with Gasteiger partial charge in [0, 0.05) is 6.54 Å². The van der Waals surface area contributed by atoms with Crippen LogP contribution in [0, 0.1) is 0 Å². The number of amides is 2. The molecule has 0 spiro atoms. The molecule has 2 saturated heterocycles. The Bertz CT molecular complexity index is 626. The van der Waals surface area contributed by atoms with Gasteiger partial charge in [-0.05, 0) is 33.6 Å². The molecule has 1 aromatic rings. The summed E-state index contributed by atoms with van der Waals surface area (Å²) in [7, 11) is 0. The lowest BCUT2D eigenvalue weighted by molar-refractivity contribution is 0.0221. The lowest BCUT2D eigenvalue weighted by Crippen LogP contribution is -2.36. The zero-order chi connectivity index (χ0) is 17.3. The van der Waals surface area contributed by atoms with Gasteiger partial charge in [0.05, 0.1) is 30.7 Å². The van der Waals surface area contributed by atoms with Gasteiger partial charge in [-0.15, -0.1) is 0 Å². The van der Waals surface area contributed by atoms with Crippen LogP contribution in [0.15, 0.2) is 12.4 Å². The van der Waals surface area contributed by atoms with Crippen molar-refractivity contribution in [2.45, 2.75) is 45.3 Å². The van der Waals surface area contributed by atoms with E-state index < -0.39 is 11.7 Å². The van der Waals surface area contributed by atoms with Crippen molar-refractivity contribution < 1.29 is 19.1 Å². The predicted molar refractivity (Wildman–Crippen MR) is 85.6 cm³/mol. The smallest absolute Gasteiger partial charge is 0.415 e. The minimum Gasteiger partial charge on any atom is -0.447 e. The van der Waals surface area contributed by atoms with Crippen molar-refractivity contribution in [3.63, 3.8) is 0 Å². The van der Waals surface area contributed by atoms with Gasteiger partial charge in [0.2, 0.25) is 0 Å². The summed E-state index contributed by atoms with van der Waals surface area (Å²) >= 11 is 0. The van der Waals surface area contributed by atoms with Gasteiger partial charge in [-0.2, -0.15) is 0 Å². The van der Waals surface area contributed by atoms with Crippen LogP contribution in [-0.2, 0) is 9.47 Å². The van der Waals surface area contributed by atoms with E-state index in [4.69, 9.17) is 9.47 Å². The summed E-state index contributed by atoms with van der Waals surface area (Å²) in [5, 5.41) is 0. The molecule has 2 fully saturated rings. The number of carbonyl (C=O) groups excluding carboxylic acids is 2. The Morgan fingerprint density at radius 2 is 2.08 bits per heavy atom. The van der Waals surface area contributed by atoms with Gasteiger partial charge in [0.1, 0.15) is 12.2 Å². The minimum absolute atomic E-state index is 0.146. The first kappa shape index (κ1) is 16.5. The number of carbonyl (C=O) groups is 2. The largest absolute Gasteiger partial charge is 0.447 e. The van der Waals surface area contributed by atoms with Crippen LogP contribution in [0.3, 0.4) is 0 Å². The van der Waals surface area contributed by atoms with Crippen LogP contribution in [0.4, 0.5) is 15.4 Å². The molecular weight excluding hydrogens is 312 g/mol. The van der Waals surface area contributed by atoms with Crippen molar-refractivity contribution in [2.75, 3.05) is 24.6 Å². The SMILES string of the molecule is CC(C)(C)OC(=O)N1CCC[C@H]1c1cnc(N2CCOC2=O)cn1. The zero-order valence-corrected chi connectivity index (χ0v) is 14.2. The maximum absolute atomic E-state index is 12.3. The Morgan fingerprint density at radius 3 is 2.67 bits per heavy atom. The molecule has 0 radical (unpaired) electrons. The molecule has 0 bridgehead atoms. The van der Waals surface area contributed by atoms with Gasteiger partial charge in [-0.3, -0.25) is 14.8 Å². The molecule has 3 rings (SSSR count). The van der Waals surface area contributed by atoms with Crippen LogP contribution in [0.25, 0.3) is 0 Å². The van der Waals surface area contributed by atoms with Crippen molar-refractivity contribution in [3.8, 4) is 0 Å². The van der Waals surface area contributed by atoms with Crippen molar-refractivity contribution in [1.82, 2.24) is 14.9 Å². The molecule has 0 aromatic carbocycles. The summed E-state index contributed by atoms with van der Waals surface area (Å²) in [6, 6.07) is -0.146. The third kappa shape index (κ3) is 3.42. The van der Waals surface area contributed by atoms with Crippen LogP contribution < -0.4 is 4.90 Å². The quantitative estimate of drug-likeness (QED) is 0.826. The molecule has 2 aliphatic heterocycles. The molecule has 0 saturated carbocycles. The molecule has 0 unspecified atom stereocenters. The zero-order valence-electron chi connectivity index (χ0n) is 14.2. The number of anilines is 1. The molecule has 1 aromatic heterocycles. The number of cyclic esters (lactones) is 1. The topological polar surface area (TPSA) is 84.9 Å². The number of aromatic nitrogens is 2. The third-order valence-corrected chi connectivity index (χ3v) is 3.92. The maximum atomic E-state index is 12.3. The Labute approximate surface area is 140 Å². The van der Waals surface area contributed by atoms with E-state index in [1.807, 2.05) is 20.8 Å². The summed E-state index contributed by atoms with van der Waals surface area (Å²) in [6.07, 6.45) is 4.14. The third-order valence-electron chi connectivity index (χ3n) is 3.92. The van der Waals surface area contributed by atoms with E-state index in [1.165, 1.54) is 4.90 Å². The van der Waals surface area contributed by atoms with Crippen molar-refractivity contribution in [2.24, 2.45) is 0 Å². The molecule has 0 aliphatic carbocycles. The summed E-state index contributed by atoms with van der Waals surface area (Å²) in [5.41, 5.74) is 0.172. The highest BCUT2D eigenvalue weighted by Crippen LogP contribution is 2.32. The monoisotopic (exact) mass is 334 g/mol. The summed E-state index contributed by atoms with van der Waals surface area (Å²) in [4.78, 5) is 35.8. The van der Waals surface area contributed by atoms with Crippen LogP contribution in [0.5, 0.6) is 0 Å². The Balaban J connectivity index is 1.73. The second-order valence-corrected chi connectivity index (χ2v) is 6.90. The number of rotatable bonds is 2. The number of nitrogens with zero attached hydrogens (tertiary/aromatic N) is 4. The van der Waals surface area contributed by atoms with Crippen LogP contribution in [0.1, 0.15) is 45.3 Å². The molecule has 2 amide bonds. The molecule has 130 valence electrons. The average molecular weight is 334 g/mol. The second kappa shape index (κ2) is 6.26. The van der Waals surface area contributed by atoms with Gasteiger partial charge in [0.25, 0.3) is 0 Å². The van der Waals surface area contributed by atoms with E-state index in [2.05, 4.69) is 9.97 Å². The van der Waals surface area contributed by atoms with Crippen LogP contribution >= 0.6 is 0 Å². The lowest BCUT2D eigenvalue weighted by atomic mass is 10.1. The first-order chi connectivity index (χ1) is 11.3. The van der Waals surface area contributed by atoms with Crippen LogP contribution in [0.2, 0.25) is 0 Å². The first-order valence-corrected chi connectivity index (χ1v) is 8.11. The Morgan fingerprint density at radius 1 is 1.29 bits per heavy atom. The summed E-state index contributed by atoms with van der Waals surface area (Å²) in [5.74, 6) is 0.461.